The quantitative estimate of drug-likeness (QED) is 0.596. The number of rotatable bonds is 8. The molecule has 0 aliphatic carbocycles. The minimum absolute atomic E-state index is 0.0622. The molecule has 1 N–H and O–H groups in total. The Kier molecular flexibility index (Phi) is 7.65. The van der Waals surface area contributed by atoms with Crippen LogP contribution in [0.2, 0.25) is 0 Å². The average molecular weight is 472 g/mol. The maximum atomic E-state index is 13.1. The lowest BCUT2D eigenvalue weighted by Crippen LogP contribution is -2.45. The van der Waals surface area contributed by atoms with Gasteiger partial charge in [-0.15, -0.1) is 0 Å². The first-order valence-corrected chi connectivity index (χ1v) is 10.9. The van der Waals surface area contributed by atoms with E-state index in [4.69, 9.17) is 4.74 Å². The van der Waals surface area contributed by atoms with Crippen molar-refractivity contribution < 1.29 is 14.3 Å². The molecule has 1 heterocycles. The normalized spacial score (nSPS) is 14.6. The van der Waals surface area contributed by atoms with Crippen LogP contribution in [0, 0.1) is 0 Å². The first-order chi connectivity index (χ1) is 14.5. The van der Waals surface area contributed by atoms with E-state index in [0.717, 1.165) is 29.7 Å². The molecule has 2 aromatic carbocycles. The number of para-hydroxylation sites is 2. The van der Waals surface area contributed by atoms with Gasteiger partial charge in [-0.25, -0.2) is 0 Å². The van der Waals surface area contributed by atoms with Gasteiger partial charge in [0.1, 0.15) is 6.54 Å². The molecular formula is C23H26BrN3O3. The van der Waals surface area contributed by atoms with E-state index in [9.17, 15) is 9.59 Å². The van der Waals surface area contributed by atoms with Gasteiger partial charge >= 0.3 is 0 Å². The van der Waals surface area contributed by atoms with Crippen molar-refractivity contribution >= 4 is 39.5 Å². The van der Waals surface area contributed by atoms with Crippen LogP contribution in [0.1, 0.15) is 19.4 Å². The maximum absolute atomic E-state index is 13.1. The molecule has 0 fully saturated rings. The number of nitrogens with one attached hydrogen (secondary N) is 1. The maximum Gasteiger partial charge on any atom is 0.294 e. The second-order valence-corrected chi connectivity index (χ2v) is 7.82. The lowest BCUT2D eigenvalue weighted by Gasteiger charge is -2.30. The highest BCUT2D eigenvalue weighted by atomic mass is 79.9. The standard InChI is InChI=1S/C23H26BrN3O3/c1-3-26(4-2)13-12-25-22(28)16-27-19-10-5-6-11-20(19)30-21(23(27)29)15-17-8-7-9-18(24)14-17/h5-11,14-15H,3-4,12-13,16H2,1-2H3,(H,25,28)/b21-15+. The fourth-order valence-electron chi connectivity index (χ4n) is 3.26. The Morgan fingerprint density at radius 2 is 1.93 bits per heavy atom. The number of halogens is 1. The number of carbonyl (C=O) groups is 2. The summed E-state index contributed by atoms with van der Waals surface area (Å²) in [5, 5.41) is 2.91. The van der Waals surface area contributed by atoms with Gasteiger partial charge in [0.2, 0.25) is 5.91 Å². The van der Waals surface area contributed by atoms with Crippen LogP contribution in [0.25, 0.3) is 6.08 Å². The summed E-state index contributed by atoms with van der Waals surface area (Å²) >= 11 is 3.44. The molecule has 0 spiro atoms. The van der Waals surface area contributed by atoms with Gasteiger partial charge in [0.05, 0.1) is 5.69 Å². The summed E-state index contributed by atoms with van der Waals surface area (Å²) < 4.78 is 6.77. The molecule has 7 heteroatoms. The molecule has 0 bridgehead atoms. The fourth-order valence-corrected chi connectivity index (χ4v) is 3.68. The van der Waals surface area contributed by atoms with E-state index < -0.39 is 0 Å². The van der Waals surface area contributed by atoms with Crippen molar-refractivity contribution in [3.05, 3.63) is 64.3 Å². The number of hydrogen-bond donors (Lipinski definition) is 1. The SMILES string of the molecule is CCN(CC)CCNC(=O)CN1C(=O)/C(=C\c2cccc(Br)c2)Oc2ccccc21. The Bertz CT molecular complexity index is 941. The van der Waals surface area contributed by atoms with E-state index in [1.165, 1.54) is 4.90 Å². The summed E-state index contributed by atoms with van der Waals surface area (Å²) in [6.45, 7) is 7.31. The lowest BCUT2D eigenvalue weighted by molar-refractivity contribution is -0.123. The molecule has 0 saturated carbocycles. The third kappa shape index (κ3) is 5.49. The van der Waals surface area contributed by atoms with Crippen LogP contribution in [0.5, 0.6) is 5.75 Å². The summed E-state index contributed by atoms with van der Waals surface area (Å²) in [6.07, 6.45) is 1.69. The number of benzene rings is 2. The molecule has 2 amide bonds. The van der Waals surface area contributed by atoms with Gasteiger partial charge in [0.15, 0.2) is 11.5 Å². The monoisotopic (exact) mass is 471 g/mol. The average Bonchev–Trinajstić information content (AvgIpc) is 2.74. The minimum atomic E-state index is -0.340. The smallest absolute Gasteiger partial charge is 0.294 e. The van der Waals surface area contributed by atoms with Gasteiger partial charge in [-0.1, -0.05) is 54.0 Å². The van der Waals surface area contributed by atoms with Gasteiger partial charge in [-0.2, -0.15) is 0 Å². The predicted octanol–water partition coefficient (Wildman–Crippen LogP) is 3.67. The molecule has 6 nitrogen and oxygen atoms in total. The summed E-state index contributed by atoms with van der Waals surface area (Å²) in [4.78, 5) is 29.4. The summed E-state index contributed by atoms with van der Waals surface area (Å²) in [5.74, 6) is 0.193. The summed E-state index contributed by atoms with van der Waals surface area (Å²) in [6, 6.07) is 14.8. The van der Waals surface area contributed by atoms with E-state index in [1.54, 1.807) is 18.2 Å². The highest BCUT2D eigenvalue weighted by Gasteiger charge is 2.31. The van der Waals surface area contributed by atoms with E-state index in [2.05, 4.69) is 40.0 Å². The zero-order chi connectivity index (χ0) is 21.5. The number of carbonyl (C=O) groups excluding carboxylic acids is 2. The van der Waals surface area contributed by atoms with Crippen molar-refractivity contribution in [3.8, 4) is 5.75 Å². The number of amides is 2. The van der Waals surface area contributed by atoms with Crippen molar-refractivity contribution in [1.29, 1.82) is 0 Å². The van der Waals surface area contributed by atoms with E-state index >= 15 is 0 Å². The highest BCUT2D eigenvalue weighted by Crippen LogP contribution is 2.35. The van der Waals surface area contributed by atoms with E-state index in [-0.39, 0.29) is 24.1 Å². The highest BCUT2D eigenvalue weighted by molar-refractivity contribution is 9.10. The summed E-state index contributed by atoms with van der Waals surface area (Å²) in [7, 11) is 0. The number of likely N-dealkylation sites (N-methyl/N-ethyl adjacent to an activating group) is 1. The Labute approximate surface area is 185 Å². The molecule has 1 aliphatic heterocycles. The van der Waals surface area contributed by atoms with Gasteiger partial charge in [-0.05, 0) is 49.0 Å². The van der Waals surface area contributed by atoms with Crippen molar-refractivity contribution in [2.75, 3.05) is 37.6 Å². The number of nitrogens with zero attached hydrogens (tertiary/aromatic N) is 2. The molecule has 1 aliphatic rings. The van der Waals surface area contributed by atoms with Crippen LogP contribution in [-0.4, -0.2) is 49.4 Å². The molecule has 0 aromatic heterocycles. The first kappa shape index (κ1) is 22.1. The molecule has 0 radical (unpaired) electrons. The van der Waals surface area contributed by atoms with Gasteiger partial charge in [0, 0.05) is 17.6 Å². The van der Waals surface area contributed by atoms with Crippen LogP contribution in [0.3, 0.4) is 0 Å². The number of ether oxygens (including phenoxy) is 1. The van der Waals surface area contributed by atoms with Gasteiger partial charge < -0.3 is 15.0 Å². The number of anilines is 1. The predicted molar refractivity (Wildman–Crippen MR) is 122 cm³/mol. The van der Waals surface area contributed by atoms with Gasteiger partial charge in [-0.3, -0.25) is 14.5 Å². The van der Waals surface area contributed by atoms with Gasteiger partial charge in [0.25, 0.3) is 5.91 Å². The van der Waals surface area contributed by atoms with E-state index in [0.29, 0.717) is 18.0 Å². The minimum Gasteiger partial charge on any atom is -0.449 e. The second-order valence-electron chi connectivity index (χ2n) is 6.90. The molecule has 3 rings (SSSR count). The number of hydrogen-bond acceptors (Lipinski definition) is 4. The van der Waals surface area contributed by atoms with Crippen molar-refractivity contribution in [3.63, 3.8) is 0 Å². The number of fused-ring (bicyclic) bond motifs is 1. The third-order valence-corrected chi connectivity index (χ3v) is 5.42. The zero-order valence-corrected chi connectivity index (χ0v) is 18.8. The largest absolute Gasteiger partial charge is 0.449 e. The molecule has 158 valence electrons. The molecule has 0 atom stereocenters. The second kappa shape index (κ2) is 10.4. The van der Waals surface area contributed by atoms with Crippen molar-refractivity contribution in [2.45, 2.75) is 13.8 Å². The van der Waals surface area contributed by atoms with Crippen molar-refractivity contribution in [1.82, 2.24) is 10.2 Å². The van der Waals surface area contributed by atoms with Crippen molar-refractivity contribution in [2.24, 2.45) is 0 Å². The Morgan fingerprint density at radius 1 is 1.17 bits per heavy atom. The first-order valence-electron chi connectivity index (χ1n) is 10.1. The molecule has 0 unspecified atom stereocenters. The Morgan fingerprint density at radius 3 is 2.67 bits per heavy atom. The van der Waals surface area contributed by atoms with E-state index in [1.807, 2.05) is 36.4 Å². The van der Waals surface area contributed by atoms with Crippen LogP contribution in [0.15, 0.2) is 58.8 Å². The van der Waals surface area contributed by atoms with Crippen LogP contribution in [-0.2, 0) is 9.59 Å². The third-order valence-electron chi connectivity index (χ3n) is 4.92. The molecule has 0 saturated heterocycles. The topological polar surface area (TPSA) is 61.9 Å². The van der Waals surface area contributed by atoms with Crippen LogP contribution in [0.4, 0.5) is 5.69 Å². The summed E-state index contributed by atoms with van der Waals surface area (Å²) in [5.41, 5.74) is 1.42. The lowest BCUT2D eigenvalue weighted by atomic mass is 10.1. The fraction of sp³-hybridized carbons (Fsp3) is 0.304. The molecule has 30 heavy (non-hydrogen) atoms. The molecular weight excluding hydrogens is 446 g/mol. The van der Waals surface area contributed by atoms with Crippen LogP contribution >= 0.6 is 15.9 Å². The Hall–Kier alpha value is -2.64. The Balaban J connectivity index is 1.77. The van der Waals surface area contributed by atoms with Crippen LogP contribution < -0.4 is 15.0 Å². The zero-order valence-electron chi connectivity index (χ0n) is 17.2. The molecule has 2 aromatic rings.